The molecule has 0 bridgehead atoms. The molecular weight excluding hydrogens is 192 g/mol. The van der Waals surface area contributed by atoms with Crippen molar-refractivity contribution in [2.45, 2.75) is 13.8 Å². The molecule has 0 aliphatic rings. The van der Waals surface area contributed by atoms with Crippen LogP contribution in [0.25, 0.3) is 0 Å². The molecule has 0 unspecified atom stereocenters. The maximum absolute atomic E-state index is 5.35. The Kier molecular flexibility index (Phi) is 2.25. The number of aromatic nitrogens is 2. The average molecular weight is 204 g/mol. The fourth-order valence-corrected chi connectivity index (χ4v) is 1.66. The van der Waals surface area contributed by atoms with E-state index >= 15 is 0 Å². The highest BCUT2D eigenvalue weighted by atomic mass is 32.1. The molecule has 3 heteroatoms. The van der Waals surface area contributed by atoms with Crippen LogP contribution in [0.3, 0.4) is 0 Å². The van der Waals surface area contributed by atoms with E-state index in [1.807, 2.05) is 38.1 Å². The smallest absolute Gasteiger partial charge is 0.0846 e. The Bertz CT molecular complexity index is 423. The molecule has 0 saturated heterocycles. The highest BCUT2D eigenvalue weighted by Crippen LogP contribution is 2.10. The summed E-state index contributed by atoms with van der Waals surface area (Å²) >= 11 is 5.35. The van der Waals surface area contributed by atoms with Crippen molar-refractivity contribution >= 4 is 17.1 Å². The van der Waals surface area contributed by atoms with Gasteiger partial charge in [-0.3, -0.25) is 0 Å². The molecule has 0 atom stereocenters. The molecule has 2 nitrogen and oxygen atoms in total. The van der Waals surface area contributed by atoms with Crippen molar-refractivity contribution in [3.8, 4) is 0 Å². The molecule has 2 N–H and O–H groups in total. The molecule has 2 aromatic heterocycles. The molecule has 0 aliphatic heterocycles. The number of aromatic amines is 2. The first kappa shape index (κ1) is 9.21. The maximum atomic E-state index is 5.35. The monoisotopic (exact) mass is 204 g/mol. The minimum absolute atomic E-state index is 0.839. The lowest BCUT2D eigenvalue weighted by atomic mass is 10.2. The second-order valence-electron chi connectivity index (χ2n) is 3.44. The predicted molar refractivity (Wildman–Crippen MR) is 61.9 cm³/mol. The number of thiocarbonyl (C=S) groups is 1. The van der Waals surface area contributed by atoms with Crippen LogP contribution in [0.2, 0.25) is 0 Å². The van der Waals surface area contributed by atoms with E-state index in [-0.39, 0.29) is 0 Å². The Morgan fingerprint density at radius 1 is 0.929 bits per heavy atom. The fraction of sp³-hybridized carbons (Fsp3) is 0.182. The molecule has 14 heavy (non-hydrogen) atoms. The van der Waals surface area contributed by atoms with Crippen LogP contribution in [-0.2, 0) is 0 Å². The van der Waals surface area contributed by atoms with E-state index in [1.165, 1.54) is 0 Å². The number of rotatable bonds is 2. The Hall–Kier alpha value is -1.35. The SMILES string of the molecule is Cc1ccc(C(=S)c2ccc(C)[nH]2)[nH]1. The minimum Gasteiger partial charge on any atom is -0.358 e. The lowest BCUT2D eigenvalue weighted by Gasteiger charge is -1.97. The largest absolute Gasteiger partial charge is 0.358 e. The zero-order chi connectivity index (χ0) is 10.1. The number of hydrogen-bond acceptors (Lipinski definition) is 1. The summed E-state index contributed by atoms with van der Waals surface area (Å²) in [5, 5.41) is 0. The van der Waals surface area contributed by atoms with Crippen LogP contribution >= 0.6 is 12.2 Å². The zero-order valence-electron chi connectivity index (χ0n) is 8.22. The molecule has 72 valence electrons. The van der Waals surface area contributed by atoms with Gasteiger partial charge in [0.05, 0.1) is 16.3 Å². The molecule has 2 heterocycles. The van der Waals surface area contributed by atoms with Gasteiger partial charge in [-0.25, -0.2) is 0 Å². The number of hydrogen-bond donors (Lipinski definition) is 2. The molecule has 0 radical (unpaired) electrons. The van der Waals surface area contributed by atoms with Crippen LogP contribution in [-0.4, -0.2) is 14.8 Å². The van der Waals surface area contributed by atoms with E-state index in [9.17, 15) is 0 Å². The normalized spacial score (nSPS) is 10.4. The minimum atomic E-state index is 0.839. The molecule has 0 spiro atoms. The quantitative estimate of drug-likeness (QED) is 0.572. The van der Waals surface area contributed by atoms with E-state index in [0.717, 1.165) is 27.6 Å². The maximum Gasteiger partial charge on any atom is 0.0846 e. The molecular formula is C11H12N2S. The van der Waals surface area contributed by atoms with Crippen molar-refractivity contribution in [1.82, 2.24) is 9.97 Å². The van der Waals surface area contributed by atoms with Gasteiger partial charge in [-0.05, 0) is 38.1 Å². The van der Waals surface area contributed by atoms with Gasteiger partial charge >= 0.3 is 0 Å². The van der Waals surface area contributed by atoms with Crippen LogP contribution in [0, 0.1) is 13.8 Å². The van der Waals surface area contributed by atoms with Gasteiger partial charge in [-0.1, -0.05) is 12.2 Å². The van der Waals surface area contributed by atoms with E-state index in [1.54, 1.807) is 0 Å². The van der Waals surface area contributed by atoms with Gasteiger partial charge in [-0.15, -0.1) is 0 Å². The Labute approximate surface area is 88.4 Å². The molecule has 0 aliphatic carbocycles. The fourth-order valence-electron chi connectivity index (χ4n) is 1.42. The summed E-state index contributed by atoms with van der Waals surface area (Å²) in [4.78, 5) is 7.28. The van der Waals surface area contributed by atoms with Crippen LogP contribution in [0.15, 0.2) is 24.3 Å². The average Bonchev–Trinajstić information content (AvgIpc) is 2.73. The highest BCUT2D eigenvalue weighted by Gasteiger charge is 2.06. The summed E-state index contributed by atoms with van der Waals surface area (Å²) in [6, 6.07) is 8.07. The third-order valence-corrected chi connectivity index (χ3v) is 2.59. The van der Waals surface area contributed by atoms with Gasteiger partial charge in [0, 0.05) is 11.4 Å². The highest BCUT2D eigenvalue weighted by molar-refractivity contribution is 7.81. The summed E-state index contributed by atoms with van der Waals surface area (Å²) in [5.74, 6) is 0. The Balaban J connectivity index is 2.33. The van der Waals surface area contributed by atoms with Gasteiger partial charge in [0.1, 0.15) is 0 Å². The first-order chi connectivity index (χ1) is 6.66. The van der Waals surface area contributed by atoms with E-state index < -0.39 is 0 Å². The van der Waals surface area contributed by atoms with Gasteiger partial charge in [0.15, 0.2) is 0 Å². The van der Waals surface area contributed by atoms with Crippen LogP contribution < -0.4 is 0 Å². The van der Waals surface area contributed by atoms with E-state index in [2.05, 4.69) is 9.97 Å². The summed E-state index contributed by atoms with van der Waals surface area (Å²) in [7, 11) is 0. The van der Waals surface area contributed by atoms with Crippen LogP contribution in [0.4, 0.5) is 0 Å². The Morgan fingerprint density at radius 2 is 1.36 bits per heavy atom. The predicted octanol–water partition coefficient (Wildman–Crippen LogP) is 2.73. The van der Waals surface area contributed by atoms with Gasteiger partial charge in [-0.2, -0.15) is 0 Å². The van der Waals surface area contributed by atoms with Crippen LogP contribution in [0.1, 0.15) is 22.8 Å². The number of nitrogens with one attached hydrogen (secondary N) is 2. The van der Waals surface area contributed by atoms with Crippen molar-refractivity contribution in [3.63, 3.8) is 0 Å². The second-order valence-corrected chi connectivity index (χ2v) is 3.85. The first-order valence-corrected chi connectivity index (χ1v) is 4.93. The first-order valence-electron chi connectivity index (χ1n) is 4.53. The summed E-state index contributed by atoms with van der Waals surface area (Å²) in [6.45, 7) is 4.04. The third kappa shape index (κ3) is 1.63. The molecule has 0 fully saturated rings. The molecule has 2 aromatic rings. The molecule has 0 aromatic carbocycles. The third-order valence-electron chi connectivity index (χ3n) is 2.15. The Morgan fingerprint density at radius 3 is 1.64 bits per heavy atom. The lowest BCUT2D eigenvalue weighted by Crippen LogP contribution is -2.00. The van der Waals surface area contributed by atoms with Gasteiger partial charge in [0.2, 0.25) is 0 Å². The van der Waals surface area contributed by atoms with Crippen LogP contribution in [0.5, 0.6) is 0 Å². The zero-order valence-corrected chi connectivity index (χ0v) is 9.03. The van der Waals surface area contributed by atoms with Crippen molar-refractivity contribution < 1.29 is 0 Å². The van der Waals surface area contributed by atoms with Crippen molar-refractivity contribution in [2.75, 3.05) is 0 Å². The van der Waals surface area contributed by atoms with Gasteiger partial charge < -0.3 is 9.97 Å². The molecule has 0 saturated carbocycles. The van der Waals surface area contributed by atoms with Crippen molar-refractivity contribution in [3.05, 3.63) is 47.0 Å². The molecule has 0 amide bonds. The van der Waals surface area contributed by atoms with E-state index in [0.29, 0.717) is 0 Å². The summed E-state index contributed by atoms with van der Waals surface area (Å²) < 4.78 is 0. The summed E-state index contributed by atoms with van der Waals surface area (Å²) in [5.41, 5.74) is 4.26. The standard InChI is InChI=1S/C11H12N2S/c1-7-3-5-9(12-7)11(14)10-6-4-8(2)13-10/h3-6,12-13H,1-2H3. The van der Waals surface area contributed by atoms with E-state index in [4.69, 9.17) is 12.2 Å². The number of H-pyrrole nitrogens is 2. The summed E-state index contributed by atoms with van der Waals surface area (Å²) in [6.07, 6.45) is 0. The van der Waals surface area contributed by atoms with Crippen molar-refractivity contribution in [2.24, 2.45) is 0 Å². The van der Waals surface area contributed by atoms with Crippen molar-refractivity contribution in [1.29, 1.82) is 0 Å². The topological polar surface area (TPSA) is 31.6 Å². The second kappa shape index (κ2) is 3.42. The number of aryl methyl sites for hydroxylation is 2. The lowest BCUT2D eigenvalue weighted by molar-refractivity contribution is 1.23. The van der Waals surface area contributed by atoms with Gasteiger partial charge in [0.25, 0.3) is 0 Å². The molecule has 2 rings (SSSR count).